The summed E-state index contributed by atoms with van der Waals surface area (Å²) in [5.74, 6) is -0.302. The number of aliphatic hydroxyl groups is 1. The molecule has 1 aromatic heterocycles. The monoisotopic (exact) mass is 277 g/mol. The second-order valence-corrected chi connectivity index (χ2v) is 4.75. The van der Waals surface area contributed by atoms with Gasteiger partial charge in [0.1, 0.15) is 0 Å². The number of likely N-dealkylation sites (tertiary alicyclic amines) is 1. The van der Waals surface area contributed by atoms with Crippen molar-refractivity contribution in [3.05, 3.63) is 23.7 Å². The molecule has 2 heterocycles. The first-order valence-corrected chi connectivity index (χ1v) is 5.87. The number of amides is 1. The third kappa shape index (κ3) is 2.47. The average molecular weight is 277 g/mol. The fourth-order valence-corrected chi connectivity index (χ4v) is 2.10. The highest BCUT2D eigenvalue weighted by atomic mass is 19.4. The van der Waals surface area contributed by atoms with E-state index in [4.69, 9.17) is 4.42 Å². The predicted octanol–water partition coefficient (Wildman–Crippen LogP) is 2.12. The summed E-state index contributed by atoms with van der Waals surface area (Å²) < 4.78 is 42.9. The highest BCUT2D eigenvalue weighted by Crippen LogP contribution is 2.38. The number of hydrogen-bond acceptors (Lipinski definition) is 3. The van der Waals surface area contributed by atoms with Crippen LogP contribution < -0.4 is 0 Å². The molecule has 1 amide bonds. The molecule has 106 valence electrons. The van der Waals surface area contributed by atoms with Crippen LogP contribution in [-0.2, 0) is 0 Å². The Hall–Kier alpha value is -1.50. The molecule has 1 saturated heterocycles. The van der Waals surface area contributed by atoms with Gasteiger partial charge >= 0.3 is 6.18 Å². The van der Waals surface area contributed by atoms with Crippen molar-refractivity contribution in [1.29, 1.82) is 0 Å². The number of nitrogens with zero attached hydrogens (tertiary/aromatic N) is 1. The zero-order valence-corrected chi connectivity index (χ0v) is 10.3. The van der Waals surface area contributed by atoms with Crippen LogP contribution in [0.2, 0.25) is 0 Å². The van der Waals surface area contributed by atoms with Crippen molar-refractivity contribution in [2.75, 3.05) is 13.1 Å². The van der Waals surface area contributed by atoms with Crippen LogP contribution in [0.5, 0.6) is 0 Å². The third-order valence-corrected chi connectivity index (χ3v) is 3.46. The van der Waals surface area contributed by atoms with Gasteiger partial charge in [0, 0.05) is 31.5 Å². The van der Waals surface area contributed by atoms with Crippen LogP contribution >= 0.6 is 0 Å². The van der Waals surface area contributed by atoms with Gasteiger partial charge in [0.2, 0.25) is 0 Å². The van der Waals surface area contributed by atoms with Crippen molar-refractivity contribution in [2.24, 2.45) is 0 Å². The van der Waals surface area contributed by atoms with Gasteiger partial charge in [-0.1, -0.05) is 0 Å². The minimum atomic E-state index is -4.66. The fraction of sp³-hybridized carbons (Fsp3) is 0.583. The lowest BCUT2D eigenvalue weighted by Gasteiger charge is -2.38. The Bertz CT molecular complexity index is 473. The molecule has 0 aliphatic carbocycles. The number of hydrogen-bond donors (Lipinski definition) is 1. The summed E-state index contributed by atoms with van der Waals surface area (Å²) in [6, 6.07) is 1.61. The van der Waals surface area contributed by atoms with Crippen molar-refractivity contribution in [3.8, 4) is 0 Å². The normalized spacial score (nSPS) is 19.5. The number of piperidine rings is 1. The minimum absolute atomic E-state index is 0.137. The largest absolute Gasteiger partial charge is 0.459 e. The van der Waals surface area contributed by atoms with E-state index in [1.54, 1.807) is 13.0 Å². The molecule has 2 rings (SSSR count). The van der Waals surface area contributed by atoms with Gasteiger partial charge in [0.25, 0.3) is 5.91 Å². The molecule has 7 heteroatoms. The van der Waals surface area contributed by atoms with Crippen LogP contribution in [0.1, 0.15) is 29.0 Å². The van der Waals surface area contributed by atoms with Crippen LogP contribution in [0.15, 0.2) is 16.7 Å². The first kappa shape index (κ1) is 13.9. The van der Waals surface area contributed by atoms with Crippen LogP contribution in [0.3, 0.4) is 0 Å². The fourth-order valence-electron chi connectivity index (χ4n) is 2.10. The summed E-state index contributed by atoms with van der Waals surface area (Å²) in [7, 11) is 0. The highest BCUT2D eigenvalue weighted by Gasteiger charge is 2.55. The lowest BCUT2D eigenvalue weighted by atomic mass is 9.90. The van der Waals surface area contributed by atoms with E-state index in [0.717, 1.165) is 0 Å². The summed E-state index contributed by atoms with van der Waals surface area (Å²) in [5.41, 5.74) is -2.05. The summed E-state index contributed by atoms with van der Waals surface area (Å²) in [4.78, 5) is 13.3. The lowest BCUT2D eigenvalue weighted by molar-refractivity contribution is -0.271. The molecule has 1 fully saturated rings. The zero-order chi connectivity index (χ0) is 14.3. The van der Waals surface area contributed by atoms with Crippen LogP contribution in [0, 0.1) is 6.92 Å². The molecule has 4 nitrogen and oxygen atoms in total. The Morgan fingerprint density at radius 3 is 2.42 bits per heavy atom. The number of halogens is 3. The second kappa shape index (κ2) is 4.56. The van der Waals surface area contributed by atoms with Gasteiger partial charge in [-0.3, -0.25) is 4.79 Å². The van der Waals surface area contributed by atoms with Crippen molar-refractivity contribution < 1.29 is 27.5 Å². The Kier molecular flexibility index (Phi) is 3.34. The zero-order valence-electron chi connectivity index (χ0n) is 10.3. The molecule has 0 aromatic carbocycles. The average Bonchev–Trinajstić information content (AvgIpc) is 2.74. The Morgan fingerprint density at radius 2 is 2.00 bits per heavy atom. The molecule has 19 heavy (non-hydrogen) atoms. The summed E-state index contributed by atoms with van der Waals surface area (Å²) in [6.07, 6.45) is -4.33. The van der Waals surface area contributed by atoms with Gasteiger partial charge in [-0.25, -0.2) is 0 Å². The Labute approximate surface area is 107 Å². The van der Waals surface area contributed by atoms with Crippen molar-refractivity contribution >= 4 is 5.91 Å². The van der Waals surface area contributed by atoms with Crippen LogP contribution in [-0.4, -0.2) is 40.8 Å². The maximum atomic E-state index is 12.6. The van der Waals surface area contributed by atoms with Crippen molar-refractivity contribution in [1.82, 2.24) is 4.90 Å². The van der Waals surface area contributed by atoms with E-state index in [-0.39, 0.29) is 18.8 Å². The second-order valence-electron chi connectivity index (χ2n) is 4.75. The maximum Gasteiger partial charge on any atom is 0.417 e. The smallest absolute Gasteiger partial charge is 0.417 e. The van der Waals surface area contributed by atoms with Gasteiger partial charge in [-0.15, -0.1) is 0 Å². The molecule has 0 atom stereocenters. The Balaban J connectivity index is 2.05. The lowest BCUT2D eigenvalue weighted by Crippen LogP contribution is -2.54. The summed E-state index contributed by atoms with van der Waals surface area (Å²) >= 11 is 0. The van der Waals surface area contributed by atoms with Gasteiger partial charge in [-0.05, 0) is 13.0 Å². The molecule has 1 aliphatic heterocycles. The topological polar surface area (TPSA) is 53.7 Å². The maximum absolute atomic E-state index is 12.6. The number of carbonyl (C=O) groups is 1. The summed E-state index contributed by atoms with van der Waals surface area (Å²) in [5, 5.41) is 9.51. The van der Waals surface area contributed by atoms with Gasteiger partial charge in [0.05, 0.1) is 6.26 Å². The first-order valence-electron chi connectivity index (χ1n) is 5.87. The molecule has 1 aromatic rings. The first-order chi connectivity index (χ1) is 8.74. The highest BCUT2D eigenvalue weighted by molar-refractivity contribution is 5.92. The number of rotatable bonds is 1. The van der Waals surface area contributed by atoms with Gasteiger partial charge in [0.15, 0.2) is 11.4 Å². The molecule has 0 bridgehead atoms. The molecule has 0 saturated carbocycles. The van der Waals surface area contributed by atoms with E-state index < -0.39 is 30.5 Å². The molecular formula is C12H14F3NO3. The quantitative estimate of drug-likeness (QED) is 0.855. The minimum Gasteiger partial charge on any atom is -0.459 e. The molecule has 0 spiro atoms. The molecule has 0 unspecified atom stereocenters. The van der Waals surface area contributed by atoms with Crippen LogP contribution in [0.25, 0.3) is 0 Å². The van der Waals surface area contributed by atoms with Crippen molar-refractivity contribution in [2.45, 2.75) is 31.5 Å². The van der Waals surface area contributed by atoms with Crippen molar-refractivity contribution in [3.63, 3.8) is 0 Å². The molecule has 1 aliphatic rings. The SMILES string of the molecule is Cc1ccoc1C(=O)N1CCC(O)(C(F)(F)F)CC1. The van der Waals surface area contributed by atoms with E-state index in [9.17, 15) is 23.1 Å². The number of carbonyl (C=O) groups excluding carboxylic acids is 1. The van der Waals surface area contributed by atoms with E-state index in [0.29, 0.717) is 5.56 Å². The van der Waals surface area contributed by atoms with Gasteiger partial charge in [-0.2, -0.15) is 13.2 Å². The third-order valence-electron chi connectivity index (χ3n) is 3.46. The molecule has 0 radical (unpaired) electrons. The number of furan rings is 1. The van der Waals surface area contributed by atoms with E-state index >= 15 is 0 Å². The van der Waals surface area contributed by atoms with E-state index in [2.05, 4.69) is 0 Å². The Morgan fingerprint density at radius 1 is 1.42 bits per heavy atom. The number of aryl methyl sites for hydroxylation is 1. The summed E-state index contributed by atoms with van der Waals surface area (Å²) in [6.45, 7) is 1.40. The molecular weight excluding hydrogens is 263 g/mol. The predicted molar refractivity (Wildman–Crippen MR) is 59.6 cm³/mol. The van der Waals surface area contributed by atoms with Gasteiger partial charge < -0.3 is 14.4 Å². The molecule has 1 N–H and O–H groups in total. The van der Waals surface area contributed by atoms with E-state index in [1.165, 1.54) is 11.2 Å². The van der Waals surface area contributed by atoms with E-state index in [1.807, 2.05) is 0 Å². The standard InChI is InChI=1S/C12H14F3NO3/c1-8-2-7-19-9(8)10(17)16-5-3-11(18,4-6-16)12(13,14)15/h2,7,18H,3-6H2,1H3. The van der Waals surface area contributed by atoms with Crippen LogP contribution in [0.4, 0.5) is 13.2 Å². The number of alkyl halides is 3.